The molecule has 0 radical (unpaired) electrons. The number of benzene rings is 6. The third-order valence-corrected chi connectivity index (χ3v) is 11.9. The third-order valence-electron chi connectivity index (χ3n) is 11.9. The molecule has 0 N–H and O–H groups in total. The van der Waals surface area contributed by atoms with E-state index in [1.807, 2.05) is 6.07 Å². The molecule has 1 fully saturated rings. The molecule has 1 saturated carbocycles. The molecular formula is C51H50N2O. The minimum Gasteiger partial charge on any atom is -0.455 e. The molecule has 9 rings (SSSR count). The number of rotatable bonds is 7. The van der Waals surface area contributed by atoms with Crippen LogP contribution in [0.2, 0.25) is 0 Å². The van der Waals surface area contributed by atoms with Gasteiger partial charge in [0.05, 0.1) is 22.3 Å². The lowest BCUT2D eigenvalue weighted by Gasteiger charge is -2.34. The van der Waals surface area contributed by atoms with Crippen molar-refractivity contribution in [2.45, 2.75) is 85.0 Å². The maximum absolute atomic E-state index is 9.37. The van der Waals surface area contributed by atoms with E-state index in [9.17, 15) is 1.37 Å². The molecule has 1 aliphatic rings. The maximum atomic E-state index is 9.37. The van der Waals surface area contributed by atoms with E-state index in [2.05, 4.69) is 167 Å². The van der Waals surface area contributed by atoms with Crippen molar-refractivity contribution >= 4 is 33.0 Å². The van der Waals surface area contributed by atoms with Crippen molar-refractivity contribution in [1.29, 1.82) is 0 Å². The Balaban J connectivity index is 1.21. The fourth-order valence-corrected chi connectivity index (χ4v) is 8.62. The quantitative estimate of drug-likeness (QED) is 0.165. The van der Waals surface area contributed by atoms with Gasteiger partial charge in [0.1, 0.15) is 17.0 Å². The molecule has 0 unspecified atom stereocenters. The van der Waals surface area contributed by atoms with Gasteiger partial charge in [-0.3, -0.25) is 4.57 Å². The minimum absolute atomic E-state index is 0.251. The summed E-state index contributed by atoms with van der Waals surface area (Å²) in [6.45, 7) is 13.9. The molecule has 3 heteroatoms. The molecule has 0 amide bonds. The smallest absolute Gasteiger partial charge is 0.149 e. The molecule has 270 valence electrons. The lowest BCUT2D eigenvalue weighted by atomic mass is 9.71. The van der Waals surface area contributed by atoms with Crippen molar-refractivity contribution in [3.05, 3.63) is 144 Å². The van der Waals surface area contributed by atoms with E-state index in [-0.39, 0.29) is 11.8 Å². The number of fused-ring (bicyclic) bond motifs is 4. The molecule has 0 saturated heterocycles. The van der Waals surface area contributed by atoms with Gasteiger partial charge in [0.15, 0.2) is 0 Å². The summed E-state index contributed by atoms with van der Waals surface area (Å²) in [4.78, 5) is 5.38. The van der Waals surface area contributed by atoms with Crippen LogP contribution in [-0.4, -0.2) is 9.55 Å². The SMILES string of the molecule is [2H]C1(c2ccc(-c3cc(C(C)C)c(-n4c(-c5cccc6c5oc5cc(-c7ccccc7)ccc56)nc5ccccc54)c(C(C)C)c3)cc2)CCC(C)(C)CC1. The molecule has 2 aromatic heterocycles. The second-order valence-electron chi connectivity index (χ2n) is 16.8. The minimum atomic E-state index is -0.504. The van der Waals surface area contributed by atoms with E-state index in [4.69, 9.17) is 9.40 Å². The number of furan rings is 1. The Morgan fingerprint density at radius 2 is 1.31 bits per heavy atom. The molecule has 1 aliphatic carbocycles. The van der Waals surface area contributed by atoms with Crippen LogP contribution in [0.1, 0.15) is 103 Å². The molecule has 6 aromatic carbocycles. The van der Waals surface area contributed by atoms with Crippen molar-refractivity contribution < 1.29 is 5.79 Å². The first kappa shape index (κ1) is 33.2. The summed E-state index contributed by atoms with van der Waals surface area (Å²) < 4.78 is 18.6. The van der Waals surface area contributed by atoms with Crippen LogP contribution in [0.4, 0.5) is 0 Å². The second-order valence-corrected chi connectivity index (χ2v) is 16.8. The van der Waals surface area contributed by atoms with Crippen LogP contribution < -0.4 is 0 Å². The molecule has 2 heterocycles. The first-order valence-corrected chi connectivity index (χ1v) is 19.8. The van der Waals surface area contributed by atoms with Crippen molar-refractivity contribution in [3.63, 3.8) is 0 Å². The Labute approximate surface area is 321 Å². The Hall–Kier alpha value is -5.41. The number of aromatic nitrogens is 2. The van der Waals surface area contributed by atoms with Gasteiger partial charge in [-0.05, 0) is 130 Å². The highest BCUT2D eigenvalue weighted by Gasteiger charge is 2.28. The zero-order chi connectivity index (χ0) is 38.1. The topological polar surface area (TPSA) is 31.0 Å². The van der Waals surface area contributed by atoms with Crippen LogP contribution in [-0.2, 0) is 0 Å². The van der Waals surface area contributed by atoms with E-state index in [1.165, 1.54) is 33.5 Å². The van der Waals surface area contributed by atoms with Crippen molar-refractivity contribution in [1.82, 2.24) is 9.55 Å². The van der Waals surface area contributed by atoms with Gasteiger partial charge in [0.25, 0.3) is 0 Å². The van der Waals surface area contributed by atoms with E-state index in [0.717, 1.165) is 81.2 Å². The monoisotopic (exact) mass is 707 g/mol. The zero-order valence-corrected chi connectivity index (χ0v) is 32.4. The molecule has 0 atom stereocenters. The fraction of sp³-hybridized carbons (Fsp3) is 0.275. The van der Waals surface area contributed by atoms with Crippen LogP contribution >= 0.6 is 0 Å². The van der Waals surface area contributed by atoms with Gasteiger partial charge in [-0.1, -0.05) is 126 Å². The standard InChI is InChI=1S/C51H50N2O/c1-32(2)43-29-39(36-21-19-35(20-22-36)37-25-27-51(5,6)28-26-37)30-44(33(3)4)48(43)53-46-18-11-10-17-45(46)52-50(53)42-16-12-15-41-40-24-23-38(31-47(40)54-49(41)42)34-13-8-7-9-14-34/h7-24,29-33,37H,25-28H2,1-6H3/i37D. The highest BCUT2D eigenvalue weighted by molar-refractivity contribution is 6.10. The number of hydrogen-bond donors (Lipinski definition) is 0. The zero-order valence-electron chi connectivity index (χ0n) is 33.4. The van der Waals surface area contributed by atoms with Crippen LogP contribution in [0.15, 0.2) is 132 Å². The van der Waals surface area contributed by atoms with Gasteiger partial charge in [-0.2, -0.15) is 0 Å². The predicted molar refractivity (Wildman–Crippen MR) is 228 cm³/mol. The Bertz CT molecular complexity index is 2660. The third kappa shape index (κ3) is 6.04. The van der Waals surface area contributed by atoms with Crippen LogP contribution in [0.5, 0.6) is 0 Å². The van der Waals surface area contributed by atoms with Crippen molar-refractivity contribution in [3.8, 4) is 39.3 Å². The summed E-state index contributed by atoms with van der Waals surface area (Å²) in [7, 11) is 0. The summed E-state index contributed by atoms with van der Waals surface area (Å²) in [6.07, 6.45) is 4.03. The summed E-state index contributed by atoms with van der Waals surface area (Å²) in [5, 5.41) is 2.19. The maximum Gasteiger partial charge on any atom is 0.149 e. The Kier molecular flexibility index (Phi) is 8.27. The van der Waals surface area contributed by atoms with Crippen LogP contribution in [0.25, 0.3) is 72.3 Å². The Morgan fingerprint density at radius 3 is 2.02 bits per heavy atom. The molecule has 0 bridgehead atoms. The highest BCUT2D eigenvalue weighted by Crippen LogP contribution is 2.45. The van der Waals surface area contributed by atoms with Crippen molar-refractivity contribution in [2.24, 2.45) is 5.41 Å². The fourth-order valence-electron chi connectivity index (χ4n) is 8.62. The highest BCUT2D eigenvalue weighted by atomic mass is 16.3. The lowest BCUT2D eigenvalue weighted by molar-refractivity contribution is 0.224. The van der Waals surface area contributed by atoms with Gasteiger partial charge in [0, 0.05) is 12.1 Å². The second kappa shape index (κ2) is 13.5. The normalized spacial score (nSPS) is 15.8. The lowest BCUT2D eigenvalue weighted by Crippen LogP contribution is -2.20. The Morgan fingerprint density at radius 1 is 0.667 bits per heavy atom. The van der Waals surface area contributed by atoms with Gasteiger partial charge in [-0.25, -0.2) is 4.98 Å². The summed E-state index contributed by atoms with van der Waals surface area (Å²) in [5.74, 6) is 0.879. The van der Waals surface area contributed by atoms with Crippen LogP contribution in [0, 0.1) is 5.41 Å². The molecule has 54 heavy (non-hydrogen) atoms. The first-order chi connectivity index (χ1) is 26.5. The van der Waals surface area contributed by atoms with E-state index in [1.54, 1.807) is 0 Å². The number of para-hydroxylation sites is 3. The molecule has 3 nitrogen and oxygen atoms in total. The summed E-state index contributed by atoms with van der Waals surface area (Å²) in [6, 6.07) is 45.7. The largest absolute Gasteiger partial charge is 0.455 e. The van der Waals surface area contributed by atoms with E-state index >= 15 is 0 Å². The average Bonchev–Trinajstić information content (AvgIpc) is 3.77. The van der Waals surface area contributed by atoms with Gasteiger partial charge < -0.3 is 4.42 Å². The van der Waals surface area contributed by atoms with Crippen LogP contribution in [0.3, 0.4) is 0 Å². The number of imidazole rings is 1. The number of nitrogens with zero attached hydrogens (tertiary/aromatic N) is 2. The number of hydrogen-bond acceptors (Lipinski definition) is 2. The molecule has 0 spiro atoms. The average molecular weight is 708 g/mol. The van der Waals surface area contributed by atoms with Gasteiger partial charge in [0.2, 0.25) is 0 Å². The molecule has 8 aromatic rings. The molecular weight excluding hydrogens is 657 g/mol. The summed E-state index contributed by atoms with van der Waals surface area (Å²) >= 11 is 0. The summed E-state index contributed by atoms with van der Waals surface area (Å²) in [5.41, 5.74) is 14.7. The van der Waals surface area contributed by atoms with E-state index < -0.39 is 5.89 Å². The van der Waals surface area contributed by atoms with E-state index in [0.29, 0.717) is 5.41 Å². The predicted octanol–water partition coefficient (Wildman–Crippen LogP) is 14.9. The van der Waals surface area contributed by atoms with Crippen molar-refractivity contribution in [2.75, 3.05) is 0 Å². The first-order valence-electron chi connectivity index (χ1n) is 20.3. The van der Waals surface area contributed by atoms with Gasteiger partial charge >= 0.3 is 0 Å². The van der Waals surface area contributed by atoms with Gasteiger partial charge in [-0.15, -0.1) is 0 Å². The molecule has 0 aliphatic heterocycles.